The zero-order chi connectivity index (χ0) is 14.7. The molecular weight excluding hydrogens is 293 g/mol. The number of methoxy groups -OCH3 is 1. The van der Waals surface area contributed by atoms with Crippen molar-refractivity contribution in [2.75, 3.05) is 14.2 Å². The second-order valence-electron chi connectivity index (χ2n) is 4.68. The van der Waals surface area contributed by atoms with Gasteiger partial charge < -0.3 is 10.1 Å². The van der Waals surface area contributed by atoms with Crippen molar-refractivity contribution >= 4 is 23.2 Å². The van der Waals surface area contributed by atoms with E-state index in [0.29, 0.717) is 10.8 Å². The quantitative estimate of drug-likeness (QED) is 0.890. The van der Waals surface area contributed by atoms with E-state index in [1.807, 2.05) is 44.3 Å². The third-order valence-corrected chi connectivity index (χ3v) is 3.73. The standard InChI is InChI=1S/C16H17Cl2NO/c1-10-6-12(8-13(17)7-10)16(19-2)11-4-5-14(18)15(9-11)20-3/h4-9,16,19H,1-3H3. The Morgan fingerprint density at radius 1 is 1.05 bits per heavy atom. The lowest BCUT2D eigenvalue weighted by Gasteiger charge is -2.19. The smallest absolute Gasteiger partial charge is 0.137 e. The lowest BCUT2D eigenvalue weighted by molar-refractivity contribution is 0.414. The van der Waals surface area contributed by atoms with Gasteiger partial charge in [-0.3, -0.25) is 0 Å². The molecule has 0 aromatic heterocycles. The molecule has 0 heterocycles. The first-order chi connectivity index (χ1) is 9.55. The largest absolute Gasteiger partial charge is 0.495 e. The molecule has 1 unspecified atom stereocenters. The van der Waals surface area contributed by atoms with Crippen LogP contribution in [0.3, 0.4) is 0 Å². The van der Waals surface area contributed by atoms with Crippen molar-refractivity contribution in [1.29, 1.82) is 0 Å². The number of hydrogen-bond acceptors (Lipinski definition) is 2. The van der Waals surface area contributed by atoms with Crippen LogP contribution < -0.4 is 10.1 Å². The van der Waals surface area contributed by atoms with Crippen molar-refractivity contribution < 1.29 is 4.74 Å². The molecule has 0 fully saturated rings. The summed E-state index contributed by atoms with van der Waals surface area (Å²) in [6.45, 7) is 2.03. The monoisotopic (exact) mass is 309 g/mol. The van der Waals surface area contributed by atoms with E-state index < -0.39 is 0 Å². The summed E-state index contributed by atoms with van der Waals surface area (Å²) in [5.41, 5.74) is 3.32. The number of hydrogen-bond donors (Lipinski definition) is 1. The Labute approximate surface area is 129 Å². The van der Waals surface area contributed by atoms with Crippen molar-refractivity contribution in [3.8, 4) is 5.75 Å². The van der Waals surface area contributed by atoms with Gasteiger partial charge in [0.25, 0.3) is 0 Å². The van der Waals surface area contributed by atoms with Crippen molar-refractivity contribution in [3.63, 3.8) is 0 Å². The van der Waals surface area contributed by atoms with Gasteiger partial charge in [0.05, 0.1) is 18.2 Å². The van der Waals surface area contributed by atoms with Crippen molar-refractivity contribution in [2.45, 2.75) is 13.0 Å². The van der Waals surface area contributed by atoms with Crippen LogP contribution in [0, 0.1) is 6.92 Å². The van der Waals surface area contributed by atoms with Crippen molar-refractivity contribution in [2.24, 2.45) is 0 Å². The fraction of sp³-hybridized carbons (Fsp3) is 0.250. The number of nitrogens with one attached hydrogen (secondary N) is 1. The molecule has 2 nitrogen and oxygen atoms in total. The molecule has 2 aromatic rings. The van der Waals surface area contributed by atoms with Crippen LogP contribution >= 0.6 is 23.2 Å². The number of benzene rings is 2. The van der Waals surface area contributed by atoms with Gasteiger partial charge in [-0.25, -0.2) is 0 Å². The highest BCUT2D eigenvalue weighted by Crippen LogP contribution is 2.31. The zero-order valence-electron chi connectivity index (χ0n) is 11.7. The fourth-order valence-electron chi connectivity index (χ4n) is 2.31. The van der Waals surface area contributed by atoms with Gasteiger partial charge in [0, 0.05) is 5.02 Å². The highest BCUT2D eigenvalue weighted by atomic mass is 35.5. The third-order valence-electron chi connectivity index (χ3n) is 3.19. The second-order valence-corrected chi connectivity index (χ2v) is 5.52. The van der Waals surface area contributed by atoms with Gasteiger partial charge in [0.1, 0.15) is 5.75 Å². The molecule has 0 amide bonds. The lowest BCUT2D eigenvalue weighted by atomic mass is 9.97. The average Bonchev–Trinajstić information content (AvgIpc) is 2.40. The molecule has 20 heavy (non-hydrogen) atoms. The van der Waals surface area contributed by atoms with Gasteiger partial charge in [-0.15, -0.1) is 0 Å². The van der Waals surface area contributed by atoms with E-state index in [9.17, 15) is 0 Å². The Morgan fingerprint density at radius 2 is 1.80 bits per heavy atom. The van der Waals surface area contributed by atoms with Gasteiger partial charge in [0.15, 0.2) is 0 Å². The number of halogens is 2. The Kier molecular flexibility index (Phi) is 4.92. The van der Waals surface area contributed by atoms with E-state index in [-0.39, 0.29) is 6.04 Å². The minimum atomic E-state index is 0.0403. The predicted octanol–water partition coefficient (Wildman–Crippen LogP) is 4.62. The van der Waals surface area contributed by atoms with E-state index in [1.54, 1.807) is 7.11 Å². The molecule has 2 aromatic carbocycles. The van der Waals surface area contributed by atoms with Crippen molar-refractivity contribution in [3.05, 3.63) is 63.1 Å². The fourth-order valence-corrected chi connectivity index (χ4v) is 2.81. The molecule has 0 aliphatic heterocycles. The molecule has 0 bridgehead atoms. The summed E-state index contributed by atoms with van der Waals surface area (Å²) in [7, 11) is 3.53. The summed E-state index contributed by atoms with van der Waals surface area (Å²) >= 11 is 12.2. The summed E-state index contributed by atoms with van der Waals surface area (Å²) in [4.78, 5) is 0. The highest BCUT2D eigenvalue weighted by molar-refractivity contribution is 6.32. The maximum atomic E-state index is 6.15. The van der Waals surface area contributed by atoms with Crippen LogP contribution in [0.4, 0.5) is 0 Å². The van der Waals surface area contributed by atoms with Crippen LogP contribution in [0.2, 0.25) is 10.0 Å². The summed E-state index contributed by atoms with van der Waals surface area (Å²) in [5.74, 6) is 0.670. The van der Waals surface area contributed by atoms with Gasteiger partial charge >= 0.3 is 0 Å². The summed E-state index contributed by atoms with van der Waals surface area (Å²) in [6, 6.07) is 11.9. The highest BCUT2D eigenvalue weighted by Gasteiger charge is 2.15. The molecular formula is C16H17Cl2NO. The zero-order valence-corrected chi connectivity index (χ0v) is 13.2. The molecule has 0 spiro atoms. The van der Waals surface area contributed by atoms with Crippen molar-refractivity contribution in [1.82, 2.24) is 5.32 Å². The molecule has 1 atom stereocenters. The van der Waals surface area contributed by atoms with E-state index >= 15 is 0 Å². The number of aryl methyl sites for hydroxylation is 1. The number of ether oxygens (including phenoxy) is 1. The van der Waals surface area contributed by atoms with Crippen LogP contribution in [-0.2, 0) is 0 Å². The second kappa shape index (κ2) is 6.49. The molecule has 1 N–H and O–H groups in total. The van der Waals surface area contributed by atoms with E-state index in [4.69, 9.17) is 27.9 Å². The van der Waals surface area contributed by atoms with E-state index in [1.165, 1.54) is 0 Å². The minimum Gasteiger partial charge on any atom is -0.495 e. The first kappa shape index (κ1) is 15.2. The average molecular weight is 310 g/mol. The van der Waals surface area contributed by atoms with Crippen LogP contribution in [0.5, 0.6) is 5.75 Å². The van der Waals surface area contributed by atoms with Gasteiger partial charge in [-0.2, -0.15) is 0 Å². The van der Waals surface area contributed by atoms with Crippen LogP contribution in [0.15, 0.2) is 36.4 Å². The summed E-state index contributed by atoms with van der Waals surface area (Å²) < 4.78 is 5.28. The molecule has 4 heteroatoms. The molecule has 0 aliphatic carbocycles. The minimum absolute atomic E-state index is 0.0403. The van der Waals surface area contributed by atoms with Crippen LogP contribution in [0.1, 0.15) is 22.7 Å². The van der Waals surface area contributed by atoms with E-state index in [2.05, 4.69) is 11.4 Å². The maximum absolute atomic E-state index is 6.15. The first-order valence-corrected chi connectivity index (χ1v) is 7.08. The summed E-state index contributed by atoms with van der Waals surface area (Å²) in [6.07, 6.45) is 0. The van der Waals surface area contributed by atoms with Gasteiger partial charge in [-0.1, -0.05) is 35.3 Å². The molecule has 0 saturated heterocycles. The Hall–Kier alpha value is -1.22. The van der Waals surface area contributed by atoms with Crippen LogP contribution in [-0.4, -0.2) is 14.2 Å². The predicted molar refractivity (Wildman–Crippen MR) is 85.1 cm³/mol. The molecule has 0 saturated carbocycles. The molecule has 0 radical (unpaired) electrons. The summed E-state index contributed by atoms with van der Waals surface area (Å²) in [5, 5.41) is 4.64. The Balaban J connectivity index is 2.46. The third kappa shape index (κ3) is 3.26. The van der Waals surface area contributed by atoms with E-state index in [0.717, 1.165) is 21.7 Å². The van der Waals surface area contributed by atoms with Gasteiger partial charge in [-0.05, 0) is 54.9 Å². The SMILES string of the molecule is CNC(c1cc(C)cc(Cl)c1)c1ccc(Cl)c(OC)c1. The van der Waals surface area contributed by atoms with Gasteiger partial charge in [0.2, 0.25) is 0 Å². The molecule has 0 aliphatic rings. The first-order valence-electron chi connectivity index (χ1n) is 6.33. The Bertz CT molecular complexity index is 593. The maximum Gasteiger partial charge on any atom is 0.137 e. The van der Waals surface area contributed by atoms with Crippen LogP contribution in [0.25, 0.3) is 0 Å². The topological polar surface area (TPSA) is 21.3 Å². The lowest BCUT2D eigenvalue weighted by Crippen LogP contribution is -2.17. The molecule has 2 rings (SSSR count). The molecule has 106 valence electrons. The Morgan fingerprint density at radius 3 is 2.40 bits per heavy atom. The normalized spacial score (nSPS) is 12.2. The number of rotatable bonds is 4.